The van der Waals surface area contributed by atoms with Gasteiger partial charge in [-0.1, -0.05) is 174 Å². The maximum atomic E-state index is 4.23. The molecule has 8 rings (SSSR count). The van der Waals surface area contributed by atoms with Crippen LogP contribution in [-0.2, 0) is 6.42 Å². The first-order valence-corrected chi connectivity index (χ1v) is 20.9. The molecule has 0 saturated heterocycles. The van der Waals surface area contributed by atoms with E-state index in [1.165, 1.54) is 147 Å². The molecule has 6 aromatic carbocycles. The molecule has 0 N–H and O–H groups in total. The van der Waals surface area contributed by atoms with Crippen molar-refractivity contribution in [3.8, 4) is 55.6 Å². The summed E-state index contributed by atoms with van der Waals surface area (Å²) in [5.41, 5.74) is 13.6. The minimum atomic E-state index is 1.16. The average molecular weight is 729 g/mol. The molecular formula is C54H52N2. The van der Waals surface area contributed by atoms with E-state index in [9.17, 15) is 0 Å². The van der Waals surface area contributed by atoms with Crippen LogP contribution in [0, 0.1) is 0 Å². The Bertz CT molecular complexity index is 2470. The Labute approximate surface area is 333 Å². The summed E-state index contributed by atoms with van der Waals surface area (Å²) < 4.78 is 0. The first kappa shape index (κ1) is 37.1. The Morgan fingerprint density at radius 1 is 0.321 bits per heavy atom. The van der Waals surface area contributed by atoms with Crippen LogP contribution in [0.5, 0.6) is 0 Å². The van der Waals surface area contributed by atoms with Crippen molar-refractivity contribution in [3.05, 3.63) is 170 Å². The standard InChI is InChI=1S/C54H52N2/c1-2-3-4-5-6-7-8-9-10-11-14-40-17-19-43(20-18-40)48-29-30-51-52(39-48)54(47-27-23-42(24-28-47)45-33-37-56-38-34-45)50-16-13-12-15-49(50)53(51)46-25-21-41(22-26-46)44-31-35-55-36-32-44/h12-13,15-39H,2-11,14H2,1H3. The number of hydrogen-bond donors (Lipinski definition) is 0. The molecule has 0 aliphatic heterocycles. The highest BCUT2D eigenvalue weighted by Gasteiger charge is 2.18. The molecule has 0 aliphatic rings. The van der Waals surface area contributed by atoms with Crippen LogP contribution in [0.25, 0.3) is 77.2 Å². The molecule has 0 unspecified atom stereocenters. The van der Waals surface area contributed by atoms with Crippen LogP contribution in [0.4, 0.5) is 0 Å². The van der Waals surface area contributed by atoms with Gasteiger partial charge in [0.1, 0.15) is 0 Å². The maximum absolute atomic E-state index is 4.23. The predicted octanol–water partition coefficient (Wildman–Crippen LogP) is 15.6. The van der Waals surface area contributed by atoms with Gasteiger partial charge in [-0.2, -0.15) is 0 Å². The molecule has 0 bridgehead atoms. The van der Waals surface area contributed by atoms with E-state index < -0.39 is 0 Å². The summed E-state index contributed by atoms with van der Waals surface area (Å²) in [6.07, 6.45) is 22.3. The molecule has 0 atom stereocenters. The highest BCUT2D eigenvalue weighted by Crippen LogP contribution is 2.45. The number of aromatic nitrogens is 2. The predicted molar refractivity (Wildman–Crippen MR) is 240 cm³/mol. The SMILES string of the molecule is CCCCCCCCCCCCc1ccc(-c2ccc3c(-c4ccc(-c5ccncc5)cc4)c4ccccc4c(-c4ccc(-c5ccncc5)cc4)c3c2)cc1. The lowest BCUT2D eigenvalue weighted by Gasteiger charge is -2.19. The van der Waals surface area contributed by atoms with Gasteiger partial charge in [0.2, 0.25) is 0 Å². The molecule has 0 spiro atoms. The molecule has 0 saturated carbocycles. The largest absolute Gasteiger partial charge is 0.265 e. The van der Waals surface area contributed by atoms with Crippen molar-refractivity contribution < 1.29 is 0 Å². The molecule has 0 fully saturated rings. The van der Waals surface area contributed by atoms with E-state index in [0.717, 1.165) is 6.42 Å². The highest BCUT2D eigenvalue weighted by molar-refractivity contribution is 6.22. The quantitative estimate of drug-likeness (QED) is 0.0731. The molecule has 2 nitrogen and oxygen atoms in total. The topological polar surface area (TPSA) is 25.8 Å². The van der Waals surface area contributed by atoms with E-state index in [0.29, 0.717) is 0 Å². The Morgan fingerprint density at radius 2 is 0.696 bits per heavy atom. The van der Waals surface area contributed by atoms with Crippen molar-refractivity contribution in [1.29, 1.82) is 0 Å². The van der Waals surface area contributed by atoms with Gasteiger partial charge in [0.05, 0.1) is 0 Å². The normalized spacial score (nSPS) is 11.4. The van der Waals surface area contributed by atoms with Crippen LogP contribution in [0.2, 0.25) is 0 Å². The Balaban J connectivity index is 1.13. The van der Waals surface area contributed by atoms with Crippen LogP contribution in [0.1, 0.15) is 76.7 Å². The third kappa shape index (κ3) is 8.51. The summed E-state index contributed by atoms with van der Waals surface area (Å²) in [6, 6.07) is 51.8. The fourth-order valence-electron chi connectivity index (χ4n) is 8.41. The first-order chi connectivity index (χ1) is 27.8. The number of nitrogens with zero attached hydrogens (tertiary/aromatic N) is 2. The second-order valence-electron chi connectivity index (χ2n) is 15.3. The van der Waals surface area contributed by atoms with Crippen LogP contribution in [0.3, 0.4) is 0 Å². The van der Waals surface area contributed by atoms with Gasteiger partial charge in [0.15, 0.2) is 0 Å². The summed E-state index contributed by atoms with van der Waals surface area (Å²) in [4.78, 5) is 8.45. The minimum Gasteiger partial charge on any atom is -0.265 e. The zero-order chi connectivity index (χ0) is 37.9. The molecule has 2 heterocycles. The summed E-state index contributed by atoms with van der Waals surface area (Å²) in [5.74, 6) is 0. The van der Waals surface area contributed by atoms with Crippen LogP contribution in [-0.4, -0.2) is 9.97 Å². The first-order valence-electron chi connectivity index (χ1n) is 20.9. The number of benzene rings is 6. The molecule has 2 heteroatoms. The van der Waals surface area contributed by atoms with Gasteiger partial charge in [0, 0.05) is 24.8 Å². The van der Waals surface area contributed by atoms with Gasteiger partial charge in [-0.05, 0) is 126 Å². The van der Waals surface area contributed by atoms with Crippen molar-refractivity contribution >= 4 is 21.5 Å². The van der Waals surface area contributed by atoms with E-state index in [1.54, 1.807) is 0 Å². The summed E-state index contributed by atoms with van der Waals surface area (Å²) in [6.45, 7) is 2.29. The number of unbranched alkanes of at least 4 members (excludes halogenated alkanes) is 9. The fourth-order valence-corrected chi connectivity index (χ4v) is 8.41. The number of aryl methyl sites for hydroxylation is 1. The minimum absolute atomic E-state index is 1.16. The van der Waals surface area contributed by atoms with E-state index in [1.807, 2.05) is 24.8 Å². The number of fused-ring (bicyclic) bond motifs is 2. The summed E-state index contributed by atoms with van der Waals surface area (Å²) >= 11 is 0. The van der Waals surface area contributed by atoms with Crippen molar-refractivity contribution in [2.75, 3.05) is 0 Å². The van der Waals surface area contributed by atoms with E-state index in [2.05, 4.69) is 156 Å². The van der Waals surface area contributed by atoms with Gasteiger partial charge in [-0.3, -0.25) is 9.97 Å². The third-order valence-electron chi connectivity index (χ3n) is 11.5. The third-order valence-corrected chi connectivity index (χ3v) is 11.5. The molecule has 56 heavy (non-hydrogen) atoms. The maximum Gasteiger partial charge on any atom is 0.0273 e. The van der Waals surface area contributed by atoms with Gasteiger partial charge in [-0.25, -0.2) is 0 Å². The smallest absolute Gasteiger partial charge is 0.0273 e. The van der Waals surface area contributed by atoms with Crippen molar-refractivity contribution in [2.45, 2.75) is 77.6 Å². The summed E-state index contributed by atoms with van der Waals surface area (Å²) in [7, 11) is 0. The number of rotatable bonds is 16. The van der Waals surface area contributed by atoms with E-state index in [-0.39, 0.29) is 0 Å². The van der Waals surface area contributed by atoms with Crippen molar-refractivity contribution in [1.82, 2.24) is 9.97 Å². The Hall–Kier alpha value is -5.86. The number of pyridine rings is 2. The Kier molecular flexibility index (Phi) is 12.0. The zero-order valence-electron chi connectivity index (χ0n) is 32.8. The lowest BCUT2D eigenvalue weighted by molar-refractivity contribution is 0.556. The second-order valence-corrected chi connectivity index (χ2v) is 15.3. The molecule has 0 aliphatic carbocycles. The van der Waals surface area contributed by atoms with Crippen molar-refractivity contribution in [3.63, 3.8) is 0 Å². The monoisotopic (exact) mass is 728 g/mol. The molecule has 2 aromatic heterocycles. The highest BCUT2D eigenvalue weighted by atomic mass is 14.6. The van der Waals surface area contributed by atoms with Gasteiger partial charge in [-0.15, -0.1) is 0 Å². The van der Waals surface area contributed by atoms with Crippen LogP contribution in [0.15, 0.2) is 164 Å². The van der Waals surface area contributed by atoms with Crippen molar-refractivity contribution in [2.24, 2.45) is 0 Å². The summed E-state index contributed by atoms with van der Waals surface area (Å²) in [5, 5.41) is 5.04. The van der Waals surface area contributed by atoms with Gasteiger partial charge < -0.3 is 0 Å². The van der Waals surface area contributed by atoms with Gasteiger partial charge in [0.25, 0.3) is 0 Å². The zero-order valence-corrected chi connectivity index (χ0v) is 32.8. The van der Waals surface area contributed by atoms with Crippen LogP contribution >= 0.6 is 0 Å². The second kappa shape index (κ2) is 18.2. The lowest BCUT2D eigenvalue weighted by Crippen LogP contribution is -1.92. The van der Waals surface area contributed by atoms with Gasteiger partial charge >= 0.3 is 0 Å². The van der Waals surface area contributed by atoms with Crippen LogP contribution < -0.4 is 0 Å². The molecule has 278 valence electrons. The molecule has 8 aromatic rings. The van der Waals surface area contributed by atoms with E-state index in [4.69, 9.17) is 0 Å². The average Bonchev–Trinajstić information content (AvgIpc) is 3.27. The Morgan fingerprint density at radius 3 is 1.21 bits per heavy atom. The molecule has 0 amide bonds. The molecule has 0 radical (unpaired) electrons. The van der Waals surface area contributed by atoms with E-state index >= 15 is 0 Å². The lowest BCUT2D eigenvalue weighted by atomic mass is 9.84. The number of hydrogen-bond acceptors (Lipinski definition) is 2. The molecular weight excluding hydrogens is 677 g/mol. The fraction of sp³-hybridized carbons (Fsp3) is 0.222.